The van der Waals surface area contributed by atoms with Gasteiger partial charge in [-0.25, -0.2) is 0 Å². The van der Waals surface area contributed by atoms with Crippen LogP contribution >= 0.6 is 15.9 Å². The lowest BCUT2D eigenvalue weighted by Gasteiger charge is -2.20. The zero-order valence-electron chi connectivity index (χ0n) is 12.6. The van der Waals surface area contributed by atoms with Gasteiger partial charge in [-0.15, -0.1) is 0 Å². The van der Waals surface area contributed by atoms with Crippen molar-refractivity contribution in [2.45, 2.75) is 40.0 Å². The van der Waals surface area contributed by atoms with Gasteiger partial charge in [-0.3, -0.25) is 4.79 Å². The van der Waals surface area contributed by atoms with E-state index in [1.54, 1.807) is 0 Å². The van der Waals surface area contributed by atoms with Crippen molar-refractivity contribution in [3.05, 3.63) is 22.2 Å². The van der Waals surface area contributed by atoms with Crippen LogP contribution in [0.25, 0.3) is 0 Å². The molecule has 4 heteroatoms. The number of anilines is 2. The summed E-state index contributed by atoms with van der Waals surface area (Å²) in [5, 5.41) is 0. The highest BCUT2D eigenvalue weighted by Gasteiger charge is 2.39. The van der Waals surface area contributed by atoms with Crippen LogP contribution < -0.4 is 10.6 Å². The second-order valence-corrected chi connectivity index (χ2v) is 7.18. The Morgan fingerprint density at radius 1 is 1.30 bits per heavy atom. The number of halogens is 1. The Morgan fingerprint density at radius 2 is 1.95 bits per heavy atom. The van der Waals surface area contributed by atoms with E-state index in [0.29, 0.717) is 17.5 Å². The summed E-state index contributed by atoms with van der Waals surface area (Å²) < 4.78 is 0.875. The van der Waals surface area contributed by atoms with E-state index >= 15 is 0 Å². The average Bonchev–Trinajstić information content (AvgIpc) is 2.59. The van der Waals surface area contributed by atoms with Crippen LogP contribution in [-0.2, 0) is 4.79 Å². The molecule has 0 saturated heterocycles. The highest BCUT2D eigenvalue weighted by molar-refractivity contribution is 9.10. The second kappa shape index (κ2) is 5.76. The van der Waals surface area contributed by atoms with Crippen LogP contribution in [0.4, 0.5) is 11.4 Å². The van der Waals surface area contributed by atoms with Crippen molar-refractivity contribution in [2.24, 2.45) is 11.8 Å². The fraction of sp³-hybridized carbons (Fsp3) is 0.562. The van der Waals surface area contributed by atoms with Crippen molar-refractivity contribution in [3.63, 3.8) is 0 Å². The van der Waals surface area contributed by atoms with Crippen molar-refractivity contribution in [3.8, 4) is 0 Å². The maximum atomic E-state index is 12.7. The molecule has 1 aromatic carbocycles. The van der Waals surface area contributed by atoms with E-state index in [1.807, 2.05) is 17.0 Å². The van der Waals surface area contributed by atoms with Crippen molar-refractivity contribution < 1.29 is 4.79 Å². The number of amides is 1. The first-order valence-corrected chi connectivity index (χ1v) is 8.02. The number of carbonyl (C=O) groups is 1. The normalized spacial score (nSPS) is 18.2. The summed E-state index contributed by atoms with van der Waals surface area (Å²) >= 11 is 3.47. The molecule has 2 N–H and O–H groups in total. The van der Waals surface area contributed by atoms with Gasteiger partial charge in [-0.2, -0.15) is 0 Å². The first kappa shape index (κ1) is 15.4. The van der Waals surface area contributed by atoms with E-state index in [1.165, 1.54) is 0 Å². The molecule has 2 rings (SSSR count). The second-order valence-electron chi connectivity index (χ2n) is 6.33. The van der Waals surface area contributed by atoms with E-state index in [2.05, 4.69) is 43.6 Å². The Balaban J connectivity index is 2.43. The fourth-order valence-electron chi connectivity index (χ4n) is 2.76. The number of carbonyl (C=O) groups excluding carboxylic acids is 1. The largest absolute Gasteiger partial charge is 0.398 e. The first-order valence-electron chi connectivity index (χ1n) is 7.23. The fourth-order valence-corrected chi connectivity index (χ4v) is 3.12. The van der Waals surface area contributed by atoms with Crippen LogP contribution in [-0.4, -0.2) is 12.5 Å². The van der Waals surface area contributed by atoms with Crippen LogP contribution in [0.3, 0.4) is 0 Å². The summed E-state index contributed by atoms with van der Waals surface area (Å²) in [6, 6.07) is 3.95. The van der Waals surface area contributed by atoms with E-state index < -0.39 is 0 Å². The third kappa shape index (κ3) is 2.71. The number of rotatable bonds is 4. The topological polar surface area (TPSA) is 46.3 Å². The monoisotopic (exact) mass is 338 g/mol. The summed E-state index contributed by atoms with van der Waals surface area (Å²) in [7, 11) is 0. The van der Waals surface area contributed by atoms with Crippen LogP contribution in [0.2, 0.25) is 0 Å². The summed E-state index contributed by atoms with van der Waals surface area (Å²) in [5.41, 5.74) is 8.79. The van der Waals surface area contributed by atoms with Gasteiger partial charge in [0.05, 0.1) is 5.92 Å². The van der Waals surface area contributed by atoms with Gasteiger partial charge in [0.2, 0.25) is 5.91 Å². The van der Waals surface area contributed by atoms with Crippen molar-refractivity contribution in [2.75, 3.05) is 17.2 Å². The third-order valence-electron chi connectivity index (χ3n) is 3.90. The maximum absolute atomic E-state index is 12.7. The Morgan fingerprint density at radius 3 is 2.50 bits per heavy atom. The van der Waals surface area contributed by atoms with Gasteiger partial charge in [-0.05, 0) is 51.9 Å². The van der Waals surface area contributed by atoms with Crippen LogP contribution in [0.5, 0.6) is 0 Å². The van der Waals surface area contributed by atoms with Gasteiger partial charge in [0, 0.05) is 22.4 Å². The SMILES string of the molecule is CC(C)CCN1C(=O)C(C(C)C)c2cc(Br)c(N)cc21. The standard InChI is InChI=1S/C16H23BrN2O/c1-9(2)5-6-19-14-8-13(18)12(17)7-11(14)15(10(3)4)16(19)20/h7-10,15H,5-6,18H2,1-4H3. The van der Waals surface area contributed by atoms with Crippen LogP contribution in [0.1, 0.15) is 45.6 Å². The molecule has 0 saturated carbocycles. The molecule has 0 fully saturated rings. The molecule has 110 valence electrons. The molecule has 3 nitrogen and oxygen atoms in total. The van der Waals surface area contributed by atoms with E-state index in [-0.39, 0.29) is 11.8 Å². The van der Waals surface area contributed by atoms with Gasteiger partial charge in [-0.1, -0.05) is 27.7 Å². The number of fused-ring (bicyclic) bond motifs is 1. The van der Waals surface area contributed by atoms with E-state index in [4.69, 9.17) is 5.73 Å². The molecule has 1 atom stereocenters. The maximum Gasteiger partial charge on any atom is 0.234 e. The number of hydrogen-bond acceptors (Lipinski definition) is 2. The molecular weight excluding hydrogens is 316 g/mol. The summed E-state index contributed by atoms with van der Waals surface area (Å²) in [6.07, 6.45) is 1.01. The number of nitrogens with two attached hydrogens (primary N) is 1. The van der Waals surface area contributed by atoms with Gasteiger partial charge in [0.25, 0.3) is 0 Å². The van der Waals surface area contributed by atoms with Crippen LogP contribution in [0, 0.1) is 11.8 Å². The molecule has 0 aliphatic carbocycles. The zero-order chi connectivity index (χ0) is 15.0. The summed E-state index contributed by atoms with van der Waals surface area (Å²) in [6.45, 7) is 9.33. The highest BCUT2D eigenvalue weighted by atomic mass is 79.9. The number of nitrogens with zero attached hydrogens (tertiary/aromatic N) is 1. The predicted octanol–water partition coefficient (Wildman–Crippen LogP) is 4.16. The number of nitrogen functional groups attached to an aromatic ring is 1. The van der Waals surface area contributed by atoms with Crippen molar-refractivity contribution in [1.82, 2.24) is 0 Å². The lowest BCUT2D eigenvalue weighted by molar-refractivity contribution is -0.120. The molecule has 0 radical (unpaired) electrons. The Labute approximate surface area is 129 Å². The molecule has 0 bridgehead atoms. The molecular formula is C16H23BrN2O. The van der Waals surface area contributed by atoms with E-state index in [9.17, 15) is 4.79 Å². The average molecular weight is 339 g/mol. The lowest BCUT2D eigenvalue weighted by atomic mass is 9.90. The Bertz CT molecular complexity index is 525. The number of benzene rings is 1. The predicted molar refractivity (Wildman–Crippen MR) is 87.9 cm³/mol. The molecule has 0 spiro atoms. The molecule has 1 heterocycles. The molecule has 1 aromatic rings. The molecule has 1 aliphatic rings. The van der Waals surface area contributed by atoms with Crippen LogP contribution in [0.15, 0.2) is 16.6 Å². The Kier molecular flexibility index (Phi) is 4.43. The molecule has 0 aromatic heterocycles. The van der Waals surface area contributed by atoms with Gasteiger partial charge in [0.15, 0.2) is 0 Å². The molecule has 20 heavy (non-hydrogen) atoms. The summed E-state index contributed by atoms with van der Waals surface area (Å²) in [4.78, 5) is 14.6. The van der Waals surface area contributed by atoms with Gasteiger partial charge >= 0.3 is 0 Å². The minimum absolute atomic E-state index is 0.0472. The summed E-state index contributed by atoms with van der Waals surface area (Å²) in [5.74, 6) is 1.04. The first-order chi connectivity index (χ1) is 9.32. The smallest absolute Gasteiger partial charge is 0.234 e. The van der Waals surface area contributed by atoms with E-state index in [0.717, 1.165) is 28.7 Å². The molecule has 1 amide bonds. The quantitative estimate of drug-likeness (QED) is 0.837. The third-order valence-corrected chi connectivity index (χ3v) is 4.59. The Hall–Kier alpha value is -1.03. The molecule has 1 unspecified atom stereocenters. The zero-order valence-corrected chi connectivity index (χ0v) is 14.2. The number of hydrogen-bond donors (Lipinski definition) is 1. The van der Waals surface area contributed by atoms with Gasteiger partial charge < -0.3 is 10.6 Å². The minimum Gasteiger partial charge on any atom is -0.398 e. The minimum atomic E-state index is -0.0472. The van der Waals surface area contributed by atoms with Gasteiger partial charge in [0.1, 0.15) is 0 Å². The molecule has 1 aliphatic heterocycles. The lowest BCUT2D eigenvalue weighted by Crippen LogP contribution is -2.31. The van der Waals surface area contributed by atoms with Crippen molar-refractivity contribution in [1.29, 1.82) is 0 Å². The highest BCUT2D eigenvalue weighted by Crippen LogP contribution is 2.44. The van der Waals surface area contributed by atoms with Crippen molar-refractivity contribution >= 4 is 33.2 Å².